The van der Waals surface area contributed by atoms with Crippen molar-refractivity contribution in [2.45, 2.75) is 24.7 Å². The zero-order valence-corrected chi connectivity index (χ0v) is 19.3. The van der Waals surface area contributed by atoms with Gasteiger partial charge < -0.3 is 15.3 Å². The van der Waals surface area contributed by atoms with Crippen LogP contribution in [0.2, 0.25) is 5.28 Å². The lowest BCUT2D eigenvalue weighted by atomic mass is 9.96. The largest absolute Gasteiger partial charge is 0.465 e. The van der Waals surface area contributed by atoms with Gasteiger partial charge in [0.25, 0.3) is 10.0 Å². The number of halogens is 1. The molecular formula is C21H21ClN6O4S. The highest BCUT2D eigenvalue weighted by molar-refractivity contribution is 7.90. The Morgan fingerprint density at radius 3 is 2.55 bits per heavy atom. The molecule has 2 N–H and O–H groups in total. The minimum Gasteiger partial charge on any atom is -0.465 e. The van der Waals surface area contributed by atoms with E-state index in [1.54, 1.807) is 12.1 Å². The van der Waals surface area contributed by atoms with Gasteiger partial charge >= 0.3 is 6.09 Å². The molecule has 0 unspecified atom stereocenters. The van der Waals surface area contributed by atoms with Crippen LogP contribution in [0.5, 0.6) is 0 Å². The van der Waals surface area contributed by atoms with E-state index in [1.165, 1.54) is 18.3 Å². The third-order valence-corrected chi connectivity index (χ3v) is 7.56. The molecule has 0 saturated carbocycles. The van der Waals surface area contributed by atoms with Crippen molar-refractivity contribution in [1.29, 1.82) is 5.26 Å². The molecule has 4 rings (SSSR count). The topological polar surface area (TPSA) is 141 Å². The number of nitrogens with one attached hydrogen (secondary N) is 1. The zero-order valence-electron chi connectivity index (χ0n) is 17.7. The lowest BCUT2D eigenvalue weighted by Gasteiger charge is -2.33. The first-order valence-corrected chi connectivity index (χ1v) is 12.0. The smallest absolute Gasteiger partial charge is 0.404 e. The van der Waals surface area contributed by atoms with Gasteiger partial charge in [-0.2, -0.15) is 15.2 Å². The number of rotatable bonds is 5. The molecule has 3 heterocycles. The second-order valence-corrected chi connectivity index (χ2v) is 10.1. The third-order valence-electron chi connectivity index (χ3n) is 5.72. The van der Waals surface area contributed by atoms with E-state index < -0.39 is 16.1 Å². The lowest BCUT2D eigenvalue weighted by molar-refractivity contribution is 0.191. The quantitative estimate of drug-likeness (QED) is 0.522. The van der Waals surface area contributed by atoms with Gasteiger partial charge in [0.2, 0.25) is 5.28 Å². The van der Waals surface area contributed by atoms with E-state index in [9.17, 15) is 18.5 Å². The molecule has 1 aliphatic heterocycles. The molecule has 33 heavy (non-hydrogen) atoms. The molecule has 10 nitrogen and oxygen atoms in total. The van der Waals surface area contributed by atoms with E-state index in [2.05, 4.69) is 21.4 Å². The minimum atomic E-state index is -4.03. The molecule has 1 amide bonds. The molecule has 0 aliphatic carbocycles. The second kappa shape index (κ2) is 8.88. The van der Waals surface area contributed by atoms with Crippen LogP contribution in [0.3, 0.4) is 0 Å². The molecule has 12 heteroatoms. The van der Waals surface area contributed by atoms with Crippen LogP contribution in [0.15, 0.2) is 35.4 Å². The monoisotopic (exact) mass is 488 g/mol. The lowest BCUT2D eigenvalue weighted by Crippen LogP contribution is -2.38. The van der Waals surface area contributed by atoms with Crippen LogP contribution in [0.1, 0.15) is 24.0 Å². The van der Waals surface area contributed by atoms with Crippen LogP contribution in [0.4, 0.5) is 10.6 Å². The molecule has 3 aromatic rings. The standard InChI is InChI=1S/C21H21ClN6O4S/c1-13-2-4-16(5-3-13)33(31,32)28-12-15(10-23)17-18(25-20(22)26-19(17)28)27-8-6-14(7-9-27)11-24-21(29)30/h2-5,12,14,24H,6-9,11H2,1H3,(H,29,30). The van der Waals surface area contributed by atoms with Gasteiger partial charge in [-0.05, 0) is 49.4 Å². The number of hydrogen-bond acceptors (Lipinski definition) is 7. The molecule has 0 bridgehead atoms. The first-order valence-electron chi connectivity index (χ1n) is 10.2. The van der Waals surface area contributed by atoms with Gasteiger partial charge in [-0.3, -0.25) is 0 Å². The van der Waals surface area contributed by atoms with Crippen LogP contribution >= 0.6 is 11.6 Å². The van der Waals surface area contributed by atoms with Gasteiger partial charge in [0, 0.05) is 25.8 Å². The molecule has 1 fully saturated rings. The van der Waals surface area contributed by atoms with Crippen LogP contribution in [0.25, 0.3) is 11.0 Å². The number of amides is 1. The Bertz CT molecular complexity index is 1360. The molecular weight excluding hydrogens is 468 g/mol. The van der Waals surface area contributed by atoms with Gasteiger partial charge in [-0.25, -0.2) is 17.2 Å². The fourth-order valence-corrected chi connectivity index (χ4v) is 5.43. The van der Waals surface area contributed by atoms with Crippen molar-refractivity contribution >= 4 is 44.6 Å². The Balaban J connectivity index is 1.75. The molecule has 172 valence electrons. The van der Waals surface area contributed by atoms with Gasteiger partial charge in [-0.15, -0.1) is 0 Å². The number of anilines is 1. The highest BCUT2D eigenvalue weighted by Crippen LogP contribution is 2.34. The fraction of sp³-hybridized carbons (Fsp3) is 0.333. The van der Waals surface area contributed by atoms with Crippen molar-refractivity contribution in [1.82, 2.24) is 19.3 Å². The Kier molecular flexibility index (Phi) is 6.14. The zero-order chi connectivity index (χ0) is 23.8. The summed E-state index contributed by atoms with van der Waals surface area (Å²) in [5, 5.41) is 21.2. The van der Waals surface area contributed by atoms with Crippen molar-refractivity contribution in [2.75, 3.05) is 24.5 Å². The maximum absolute atomic E-state index is 13.3. The number of fused-ring (bicyclic) bond motifs is 1. The maximum Gasteiger partial charge on any atom is 0.404 e. The number of nitriles is 1. The summed E-state index contributed by atoms with van der Waals surface area (Å²) < 4.78 is 27.7. The number of nitrogens with zero attached hydrogens (tertiary/aromatic N) is 5. The first-order chi connectivity index (χ1) is 15.7. The van der Waals surface area contributed by atoms with Gasteiger partial charge in [-0.1, -0.05) is 17.7 Å². The number of carbonyl (C=O) groups is 1. The summed E-state index contributed by atoms with van der Waals surface area (Å²) in [7, 11) is -4.03. The fourth-order valence-electron chi connectivity index (χ4n) is 3.96. The van der Waals surface area contributed by atoms with E-state index in [1.807, 2.05) is 11.8 Å². The van der Waals surface area contributed by atoms with Gasteiger partial charge in [0.05, 0.1) is 15.8 Å². The summed E-state index contributed by atoms with van der Waals surface area (Å²) in [4.78, 5) is 21.2. The second-order valence-electron chi connectivity index (χ2n) is 7.90. The number of aryl methyl sites for hydroxylation is 1. The summed E-state index contributed by atoms with van der Waals surface area (Å²) in [5.74, 6) is 0.566. The highest BCUT2D eigenvalue weighted by Gasteiger charge is 2.29. The number of benzene rings is 1. The molecule has 2 aromatic heterocycles. The van der Waals surface area contributed by atoms with E-state index in [4.69, 9.17) is 16.7 Å². The van der Waals surface area contributed by atoms with Crippen molar-refractivity contribution in [3.05, 3.63) is 46.9 Å². The predicted octanol–water partition coefficient (Wildman–Crippen LogP) is 2.99. The number of carboxylic acid groups (broad SMARTS) is 1. The van der Waals surface area contributed by atoms with Crippen LogP contribution in [-0.4, -0.2) is 53.2 Å². The Hall–Kier alpha value is -3.36. The van der Waals surface area contributed by atoms with Gasteiger partial charge in [0.15, 0.2) is 5.65 Å². The number of hydrogen-bond donors (Lipinski definition) is 2. The summed E-state index contributed by atoms with van der Waals surface area (Å²) >= 11 is 6.18. The van der Waals surface area contributed by atoms with E-state index in [-0.39, 0.29) is 27.3 Å². The van der Waals surface area contributed by atoms with Crippen molar-refractivity contribution in [3.8, 4) is 6.07 Å². The molecule has 1 aliphatic rings. The van der Waals surface area contributed by atoms with E-state index >= 15 is 0 Å². The summed E-state index contributed by atoms with van der Waals surface area (Å²) in [5.41, 5.74) is 1.08. The van der Waals surface area contributed by atoms with E-state index in [0.717, 1.165) is 9.54 Å². The summed E-state index contributed by atoms with van der Waals surface area (Å²) in [6.07, 6.45) is 1.59. The maximum atomic E-state index is 13.3. The summed E-state index contributed by atoms with van der Waals surface area (Å²) in [6.45, 7) is 3.32. The number of aromatic nitrogens is 3. The molecule has 0 spiro atoms. The van der Waals surface area contributed by atoms with E-state index in [0.29, 0.717) is 43.7 Å². The van der Waals surface area contributed by atoms with Crippen molar-refractivity contribution in [2.24, 2.45) is 5.92 Å². The molecule has 1 aromatic carbocycles. The highest BCUT2D eigenvalue weighted by atomic mass is 35.5. The Morgan fingerprint density at radius 2 is 1.94 bits per heavy atom. The molecule has 0 atom stereocenters. The minimum absolute atomic E-state index is 0.0387. The average Bonchev–Trinajstić information content (AvgIpc) is 3.17. The van der Waals surface area contributed by atoms with Crippen LogP contribution in [-0.2, 0) is 10.0 Å². The SMILES string of the molecule is Cc1ccc(S(=O)(=O)n2cc(C#N)c3c(N4CCC(CNC(=O)O)CC4)nc(Cl)nc32)cc1. The Labute approximate surface area is 195 Å². The first kappa shape index (κ1) is 22.8. The average molecular weight is 489 g/mol. The molecule has 1 saturated heterocycles. The van der Waals surface area contributed by atoms with Gasteiger partial charge in [0.1, 0.15) is 11.9 Å². The normalized spacial score (nSPS) is 14.9. The predicted molar refractivity (Wildman–Crippen MR) is 122 cm³/mol. The van der Waals surface area contributed by atoms with Crippen molar-refractivity contribution in [3.63, 3.8) is 0 Å². The number of piperidine rings is 1. The Morgan fingerprint density at radius 1 is 1.27 bits per heavy atom. The summed E-state index contributed by atoms with van der Waals surface area (Å²) in [6, 6.07) is 8.45. The molecule has 0 radical (unpaired) electrons. The van der Waals surface area contributed by atoms with Crippen LogP contribution in [0, 0.1) is 24.2 Å². The third kappa shape index (κ3) is 4.44. The van der Waals surface area contributed by atoms with Crippen LogP contribution < -0.4 is 10.2 Å². The van der Waals surface area contributed by atoms with Crippen molar-refractivity contribution < 1.29 is 18.3 Å².